The van der Waals surface area contributed by atoms with E-state index in [2.05, 4.69) is 87.2 Å². The number of amides is 2. The molecule has 7 heteroatoms. The number of para-hydroxylation sites is 1. The van der Waals surface area contributed by atoms with Crippen LogP contribution in [0.5, 0.6) is 5.75 Å². The van der Waals surface area contributed by atoms with Gasteiger partial charge in [0.05, 0.1) is 12.2 Å². The largest absolute Gasteiger partial charge is 0.493 e. The van der Waals surface area contributed by atoms with E-state index in [4.69, 9.17) is 4.74 Å². The lowest BCUT2D eigenvalue weighted by Gasteiger charge is -2.32. The molecule has 2 aliphatic rings. The summed E-state index contributed by atoms with van der Waals surface area (Å²) in [6, 6.07) is 24.3. The number of nitrogens with zero attached hydrogens (tertiary/aromatic N) is 1. The molecule has 6 nitrogen and oxygen atoms in total. The van der Waals surface area contributed by atoms with Gasteiger partial charge in [0, 0.05) is 25.7 Å². The molecule has 1 aliphatic carbocycles. The molecule has 2 atom stereocenters. The van der Waals surface area contributed by atoms with Gasteiger partial charge in [-0.15, -0.1) is 9.24 Å². The van der Waals surface area contributed by atoms with Crippen LogP contribution in [0.4, 0.5) is 0 Å². The van der Waals surface area contributed by atoms with Crippen LogP contribution in [0, 0.1) is 0 Å². The highest BCUT2D eigenvalue weighted by molar-refractivity contribution is 7.18. The second kappa shape index (κ2) is 17.6. The Hall–Kier alpha value is -3.21. The summed E-state index contributed by atoms with van der Waals surface area (Å²) >= 11 is 0. The molecule has 1 heterocycles. The van der Waals surface area contributed by atoms with Gasteiger partial charge >= 0.3 is 0 Å². The molecule has 1 fully saturated rings. The van der Waals surface area contributed by atoms with Crippen LogP contribution in [0.3, 0.4) is 0 Å². The van der Waals surface area contributed by atoms with E-state index in [9.17, 15) is 9.59 Å². The first-order valence-corrected chi connectivity index (χ1v) is 17.8. The Kier molecular flexibility index (Phi) is 14.3. The van der Waals surface area contributed by atoms with Gasteiger partial charge in [0.15, 0.2) is 0 Å². The normalized spacial score (nSPS) is 16.1. The Labute approximate surface area is 280 Å². The highest BCUT2D eigenvalue weighted by Gasteiger charge is 2.48. The molecule has 0 bridgehead atoms. The van der Waals surface area contributed by atoms with Crippen molar-refractivity contribution >= 4 is 21.1 Å². The van der Waals surface area contributed by atoms with Crippen LogP contribution in [0.1, 0.15) is 95.6 Å². The zero-order valence-corrected chi connectivity index (χ0v) is 30.3. The van der Waals surface area contributed by atoms with E-state index >= 15 is 0 Å². The van der Waals surface area contributed by atoms with E-state index < -0.39 is 5.41 Å². The third-order valence-electron chi connectivity index (χ3n) is 8.47. The van der Waals surface area contributed by atoms with Crippen molar-refractivity contribution in [1.82, 2.24) is 15.5 Å². The number of carbonyl (C=O) groups excluding carboxylic acids is 2. The average Bonchev–Trinajstić information content (AvgIpc) is 3.64. The van der Waals surface area contributed by atoms with Crippen LogP contribution in [0.2, 0.25) is 0 Å². The van der Waals surface area contributed by atoms with Crippen molar-refractivity contribution in [3.63, 3.8) is 0 Å². The molecular weight excluding hydrogens is 589 g/mol. The summed E-state index contributed by atoms with van der Waals surface area (Å²) < 4.78 is 5.65. The van der Waals surface area contributed by atoms with Crippen LogP contribution in [-0.2, 0) is 10.2 Å². The molecule has 0 aromatic heterocycles. The number of ether oxygens (including phenoxy) is 1. The molecule has 250 valence electrons. The fourth-order valence-corrected chi connectivity index (χ4v) is 6.59. The van der Waals surface area contributed by atoms with Gasteiger partial charge in [0.25, 0.3) is 5.91 Å². The zero-order valence-electron chi connectivity index (χ0n) is 29.1. The topological polar surface area (TPSA) is 70.7 Å². The summed E-state index contributed by atoms with van der Waals surface area (Å²) in [5, 5.41) is 6.43. The quantitative estimate of drug-likeness (QED) is 0.156. The molecule has 2 N–H and O–H groups in total. The van der Waals surface area contributed by atoms with E-state index in [0.717, 1.165) is 67.6 Å². The van der Waals surface area contributed by atoms with Crippen LogP contribution in [0.25, 0.3) is 11.1 Å². The highest BCUT2D eigenvalue weighted by atomic mass is 31.0. The predicted molar refractivity (Wildman–Crippen MR) is 196 cm³/mol. The van der Waals surface area contributed by atoms with Gasteiger partial charge in [0.1, 0.15) is 11.2 Å². The Morgan fingerprint density at radius 2 is 1.50 bits per heavy atom. The van der Waals surface area contributed by atoms with Gasteiger partial charge in [-0.3, -0.25) is 9.59 Å². The number of carbonyl (C=O) groups is 2. The minimum Gasteiger partial charge on any atom is -0.493 e. The van der Waals surface area contributed by atoms with E-state index in [-0.39, 0.29) is 23.0 Å². The third kappa shape index (κ3) is 8.77. The standard InChI is InChI=1S/C35H44N3O3P.2C2H6/c1-4-41-31-18-10-7-15-28(31)32(39)37-25-19-22-38(23-25)21-12-11-20-35(33(40)36-24-34(2,3)42)29-16-8-5-13-26(29)27-14-6-9-17-30(27)35;2*1-2/h5-10,13-18,25H,4,11-12,19-24,42H2,1-3H3,(H,36,40)(H,37,39);2*1-2H3. The van der Waals surface area contributed by atoms with Gasteiger partial charge in [-0.2, -0.15) is 0 Å². The van der Waals surface area contributed by atoms with Crippen molar-refractivity contribution in [3.05, 3.63) is 89.5 Å². The zero-order chi connectivity index (χ0) is 33.7. The maximum absolute atomic E-state index is 14.1. The Bertz CT molecular complexity index is 1370. The summed E-state index contributed by atoms with van der Waals surface area (Å²) in [5.41, 5.74) is 4.44. The second-order valence-electron chi connectivity index (χ2n) is 12.3. The van der Waals surface area contributed by atoms with Crippen LogP contribution in [0.15, 0.2) is 72.8 Å². The van der Waals surface area contributed by atoms with Gasteiger partial charge in [-0.1, -0.05) is 109 Å². The van der Waals surface area contributed by atoms with Crippen molar-refractivity contribution < 1.29 is 14.3 Å². The van der Waals surface area contributed by atoms with Gasteiger partial charge in [0.2, 0.25) is 5.91 Å². The maximum atomic E-state index is 14.1. The molecule has 0 saturated carbocycles. The number of hydrogen-bond acceptors (Lipinski definition) is 4. The number of fused-ring (bicyclic) bond motifs is 3. The first kappa shape index (κ1) is 37.2. The summed E-state index contributed by atoms with van der Waals surface area (Å²) in [6.07, 6.45) is 3.60. The third-order valence-corrected chi connectivity index (χ3v) is 8.68. The lowest BCUT2D eigenvalue weighted by molar-refractivity contribution is -0.125. The molecule has 3 aromatic carbocycles. The number of nitrogens with one attached hydrogen (secondary N) is 2. The lowest BCUT2D eigenvalue weighted by atomic mass is 9.73. The number of rotatable bonds is 12. The van der Waals surface area contributed by atoms with E-state index in [1.54, 1.807) is 0 Å². The summed E-state index contributed by atoms with van der Waals surface area (Å²) in [7, 11) is 2.84. The lowest BCUT2D eigenvalue weighted by Crippen LogP contribution is -2.47. The molecule has 0 radical (unpaired) electrons. The number of likely N-dealkylation sites (tertiary alicyclic amines) is 1. The van der Waals surface area contributed by atoms with Gasteiger partial charge in [-0.25, -0.2) is 0 Å². The van der Waals surface area contributed by atoms with Crippen molar-refractivity contribution in [2.24, 2.45) is 0 Å². The summed E-state index contributed by atoms with van der Waals surface area (Å²) in [6.45, 7) is 18.0. The van der Waals surface area contributed by atoms with Crippen LogP contribution in [-0.4, -0.2) is 60.7 Å². The summed E-state index contributed by atoms with van der Waals surface area (Å²) in [4.78, 5) is 29.5. The average molecular weight is 646 g/mol. The minimum atomic E-state index is -0.696. The molecule has 46 heavy (non-hydrogen) atoms. The molecule has 1 aliphatic heterocycles. The van der Waals surface area contributed by atoms with Crippen molar-refractivity contribution in [2.45, 2.75) is 90.8 Å². The smallest absolute Gasteiger partial charge is 0.255 e. The molecule has 2 unspecified atom stereocenters. The second-order valence-corrected chi connectivity index (χ2v) is 13.9. The molecule has 0 spiro atoms. The fraction of sp³-hybridized carbons (Fsp3) is 0.487. The molecule has 1 saturated heterocycles. The van der Waals surface area contributed by atoms with Crippen molar-refractivity contribution in [1.29, 1.82) is 0 Å². The van der Waals surface area contributed by atoms with E-state index in [0.29, 0.717) is 24.5 Å². The molecular formula is C39H56N3O3P. The Morgan fingerprint density at radius 3 is 2.11 bits per heavy atom. The fourth-order valence-electron chi connectivity index (χ4n) is 6.49. The Morgan fingerprint density at radius 1 is 0.913 bits per heavy atom. The molecule has 5 rings (SSSR count). The van der Waals surface area contributed by atoms with E-state index in [1.807, 2.05) is 58.9 Å². The highest BCUT2D eigenvalue weighted by Crippen LogP contribution is 2.51. The van der Waals surface area contributed by atoms with Gasteiger partial charge in [-0.05, 0) is 72.3 Å². The molecule has 3 aromatic rings. The molecule has 2 amide bonds. The first-order chi connectivity index (χ1) is 22.2. The van der Waals surface area contributed by atoms with E-state index in [1.165, 1.54) is 0 Å². The summed E-state index contributed by atoms with van der Waals surface area (Å²) in [5.74, 6) is 0.638. The maximum Gasteiger partial charge on any atom is 0.255 e. The minimum absolute atomic E-state index is 0.0777. The van der Waals surface area contributed by atoms with Crippen LogP contribution >= 0.6 is 9.24 Å². The number of unbranched alkanes of at least 4 members (excludes halogenated alkanes) is 1. The SMILES string of the molecule is CC.CC.CCOc1ccccc1C(=O)NC1CCN(CCCCC2(C(=O)NCC(C)(C)P)c3ccccc3-c3ccccc32)C1. The number of benzene rings is 3. The van der Waals surface area contributed by atoms with Gasteiger partial charge < -0.3 is 20.3 Å². The van der Waals surface area contributed by atoms with Crippen molar-refractivity contribution in [3.8, 4) is 16.9 Å². The van der Waals surface area contributed by atoms with Crippen LogP contribution < -0.4 is 15.4 Å². The first-order valence-electron chi connectivity index (χ1n) is 17.2. The number of hydrogen-bond donors (Lipinski definition) is 2. The Balaban J connectivity index is 0.00000139. The monoisotopic (exact) mass is 645 g/mol. The predicted octanol–water partition coefficient (Wildman–Crippen LogP) is 7.85. The van der Waals surface area contributed by atoms with Crippen molar-refractivity contribution in [2.75, 3.05) is 32.8 Å².